The van der Waals surface area contributed by atoms with E-state index in [-0.39, 0.29) is 22.8 Å². The van der Waals surface area contributed by atoms with Gasteiger partial charge in [-0.3, -0.25) is 4.79 Å². The minimum atomic E-state index is -3.69. The zero-order valence-corrected chi connectivity index (χ0v) is 20.7. The number of piperidine rings is 1. The van der Waals surface area contributed by atoms with Crippen LogP contribution in [0.3, 0.4) is 0 Å². The van der Waals surface area contributed by atoms with Gasteiger partial charge in [-0.15, -0.1) is 0 Å². The average Bonchev–Trinajstić information content (AvgIpc) is 3.38. The number of hydrogen-bond donors (Lipinski definition) is 0. The predicted molar refractivity (Wildman–Crippen MR) is 128 cm³/mol. The van der Waals surface area contributed by atoms with E-state index in [4.69, 9.17) is 14.2 Å². The number of carbonyl (C=O) groups excluding carboxylic acids is 1. The quantitative estimate of drug-likeness (QED) is 0.593. The lowest BCUT2D eigenvalue weighted by Gasteiger charge is -2.34. The van der Waals surface area contributed by atoms with Gasteiger partial charge in [0.25, 0.3) is 0 Å². The number of sulfonamides is 1. The molecular weight excluding hydrogens is 456 g/mol. The Labute approximate surface area is 201 Å². The summed E-state index contributed by atoms with van der Waals surface area (Å²) in [6, 6.07) is 12.6. The molecule has 0 aliphatic carbocycles. The summed E-state index contributed by atoms with van der Waals surface area (Å²) in [5.74, 6) is 1.59. The van der Waals surface area contributed by atoms with Crippen LogP contribution in [0.5, 0.6) is 17.2 Å². The van der Waals surface area contributed by atoms with Crippen LogP contribution in [0.25, 0.3) is 0 Å². The maximum Gasteiger partial charge on any atom is 0.243 e. The van der Waals surface area contributed by atoms with Crippen molar-refractivity contribution in [3.8, 4) is 17.2 Å². The van der Waals surface area contributed by atoms with Gasteiger partial charge in [0.05, 0.1) is 32.3 Å². The summed E-state index contributed by atoms with van der Waals surface area (Å²) in [6.07, 6.45) is 2.92. The molecule has 1 unspecified atom stereocenters. The minimum Gasteiger partial charge on any atom is -0.497 e. The molecule has 2 aliphatic heterocycles. The molecule has 2 saturated heterocycles. The third kappa shape index (κ3) is 4.72. The molecule has 0 bridgehead atoms. The van der Waals surface area contributed by atoms with Gasteiger partial charge in [-0.2, -0.15) is 4.31 Å². The lowest BCUT2D eigenvalue weighted by atomic mass is 9.95. The summed E-state index contributed by atoms with van der Waals surface area (Å²) in [7, 11) is 0.932. The van der Waals surface area contributed by atoms with Crippen LogP contribution in [0.2, 0.25) is 0 Å². The van der Waals surface area contributed by atoms with Gasteiger partial charge < -0.3 is 19.1 Å². The van der Waals surface area contributed by atoms with E-state index in [1.54, 1.807) is 13.2 Å². The van der Waals surface area contributed by atoms with Crippen LogP contribution in [-0.4, -0.2) is 64.5 Å². The zero-order valence-electron chi connectivity index (χ0n) is 19.9. The van der Waals surface area contributed by atoms with E-state index in [1.165, 1.54) is 30.7 Å². The molecule has 8 nitrogen and oxygen atoms in total. The van der Waals surface area contributed by atoms with Gasteiger partial charge in [-0.25, -0.2) is 8.42 Å². The first-order valence-corrected chi connectivity index (χ1v) is 13.0. The van der Waals surface area contributed by atoms with Crippen LogP contribution in [0, 0.1) is 5.92 Å². The van der Waals surface area contributed by atoms with Gasteiger partial charge >= 0.3 is 0 Å². The number of nitrogens with zero attached hydrogens (tertiary/aromatic N) is 2. The van der Waals surface area contributed by atoms with Crippen molar-refractivity contribution in [1.29, 1.82) is 0 Å². The lowest BCUT2D eigenvalue weighted by molar-refractivity contribution is -0.137. The Morgan fingerprint density at radius 3 is 2.15 bits per heavy atom. The Hall–Kier alpha value is -2.78. The van der Waals surface area contributed by atoms with Crippen molar-refractivity contribution < 1.29 is 27.4 Å². The van der Waals surface area contributed by atoms with Gasteiger partial charge in [0.2, 0.25) is 15.9 Å². The third-order valence-electron chi connectivity index (χ3n) is 6.83. The van der Waals surface area contributed by atoms with Crippen molar-refractivity contribution in [2.45, 2.75) is 36.6 Å². The first-order valence-electron chi connectivity index (χ1n) is 11.6. The van der Waals surface area contributed by atoms with E-state index in [1.807, 2.05) is 29.2 Å². The first-order chi connectivity index (χ1) is 16.4. The van der Waals surface area contributed by atoms with Gasteiger partial charge in [-0.1, -0.05) is 12.1 Å². The number of likely N-dealkylation sites (tertiary alicyclic amines) is 1. The van der Waals surface area contributed by atoms with E-state index in [9.17, 15) is 13.2 Å². The molecule has 2 aliphatic rings. The second-order valence-electron chi connectivity index (χ2n) is 8.66. The third-order valence-corrected chi connectivity index (χ3v) is 8.73. The Bertz CT molecular complexity index is 1110. The van der Waals surface area contributed by atoms with Gasteiger partial charge in [-0.05, 0) is 55.5 Å². The molecular formula is C25H32N2O6S. The van der Waals surface area contributed by atoms with Crippen molar-refractivity contribution in [2.24, 2.45) is 5.92 Å². The number of benzene rings is 2. The summed E-state index contributed by atoms with van der Waals surface area (Å²) in [6.45, 7) is 1.36. The molecule has 4 rings (SSSR count). The summed E-state index contributed by atoms with van der Waals surface area (Å²) >= 11 is 0. The maximum atomic E-state index is 13.4. The summed E-state index contributed by atoms with van der Waals surface area (Å²) in [5.41, 5.74) is 1.11. The van der Waals surface area contributed by atoms with Crippen LogP contribution in [0.4, 0.5) is 0 Å². The summed E-state index contributed by atoms with van der Waals surface area (Å²) < 4.78 is 43.6. The molecule has 2 heterocycles. The number of amides is 1. The molecule has 1 atom stereocenters. The fourth-order valence-electron chi connectivity index (χ4n) is 4.91. The Morgan fingerprint density at radius 2 is 1.53 bits per heavy atom. The van der Waals surface area contributed by atoms with E-state index in [0.717, 1.165) is 30.7 Å². The van der Waals surface area contributed by atoms with Crippen molar-refractivity contribution in [3.05, 3.63) is 48.0 Å². The minimum absolute atomic E-state index is 0.0620. The van der Waals surface area contributed by atoms with E-state index >= 15 is 0 Å². The molecule has 184 valence electrons. The molecule has 0 radical (unpaired) electrons. The molecule has 2 aromatic carbocycles. The van der Waals surface area contributed by atoms with Crippen molar-refractivity contribution in [1.82, 2.24) is 9.21 Å². The first kappa shape index (κ1) is 24.3. The highest BCUT2D eigenvalue weighted by molar-refractivity contribution is 7.89. The van der Waals surface area contributed by atoms with Crippen LogP contribution in [-0.2, 0) is 14.8 Å². The number of ether oxygens (including phenoxy) is 3. The maximum absolute atomic E-state index is 13.4. The number of hydrogen-bond acceptors (Lipinski definition) is 6. The molecule has 0 aromatic heterocycles. The molecule has 0 saturated carbocycles. The Morgan fingerprint density at radius 1 is 0.853 bits per heavy atom. The SMILES string of the molecule is COc1ccc(C2CCCN2C(=O)C2CCN(S(=O)(=O)c3ccc(OC)c(OC)c3)CC2)cc1. The normalized spacial score (nSPS) is 19.7. The molecule has 2 fully saturated rings. The van der Waals surface area contributed by atoms with E-state index < -0.39 is 10.0 Å². The molecule has 2 aromatic rings. The highest BCUT2D eigenvalue weighted by Crippen LogP contribution is 2.36. The molecule has 0 N–H and O–H groups in total. The predicted octanol–water partition coefficient (Wildman–Crippen LogP) is 3.48. The second kappa shape index (κ2) is 10.2. The number of methoxy groups -OCH3 is 3. The molecule has 34 heavy (non-hydrogen) atoms. The van der Waals surface area contributed by atoms with E-state index in [0.29, 0.717) is 37.4 Å². The summed E-state index contributed by atoms with van der Waals surface area (Å²) in [4.78, 5) is 15.5. The Kier molecular flexibility index (Phi) is 7.33. The summed E-state index contributed by atoms with van der Waals surface area (Å²) in [5, 5.41) is 0. The molecule has 1 amide bonds. The number of carbonyl (C=O) groups is 1. The fraction of sp³-hybridized carbons (Fsp3) is 0.480. The van der Waals surface area contributed by atoms with Gasteiger partial charge in [0.15, 0.2) is 11.5 Å². The standard InChI is InChI=1S/C25H32N2O6S/c1-31-20-8-6-18(7-9-20)22-5-4-14-27(22)25(28)19-12-15-26(16-13-19)34(29,30)21-10-11-23(32-2)24(17-21)33-3/h6-11,17,19,22H,4-5,12-16H2,1-3H3. The highest BCUT2D eigenvalue weighted by atomic mass is 32.2. The molecule has 0 spiro atoms. The van der Waals surface area contributed by atoms with Crippen molar-refractivity contribution >= 4 is 15.9 Å². The second-order valence-corrected chi connectivity index (χ2v) is 10.6. The monoisotopic (exact) mass is 488 g/mol. The fourth-order valence-corrected chi connectivity index (χ4v) is 6.39. The van der Waals surface area contributed by atoms with Crippen molar-refractivity contribution in [2.75, 3.05) is 41.0 Å². The van der Waals surface area contributed by atoms with Gasteiger partial charge in [0.1, 0.15) is 5.75 Å². The van der Waals surface area contributed by atoms with Crippen LogP contribution >= 0.6 is 0 Å². The largest absolute Gasteiger partial charge is 0.497 e. The highest BCUT2D eigenvalue weighted by Gasteiger charge is 2.37. The topological polar surface area (TPSA) is 85.4 Å². The molecule has 9 heteroatoms. The average molecular weight is 489 g/mol. The zero-order chi connectivity index (χ0) is 24.3. The number of rotatable bonds is 7. The van der Waals surface area contributed by atoms with Crippen LogP contribution in [0.15, 0.2) is 47.4 Å². The van der Waals surface area contributed by atoms with E-state index in [2.05, 4.69) is 0 Å². The lowest BCUT2D eigenvalue weighted by Crippen LogP contribution is -2.44. The Balaban J connectivity index is 1.42. The van der Waals surface area contributed by atoms with Gasteiger partial charge in [0, 0.05) is 31.6 Å². The van der Waals surface area contributed by atoms with Crippen LogP contribution in [0.1, 0.15) is 37.3 Å². The van der Waals surface area contributed by atoms with Crippen LogP contribution < -0.4 is 14.2 Å². The smallest absolute Gasteiger partial charge is 0.243 e. The van der Waals surface area contributed by atoms with Crippen molar-refractivity contribution in [3.63, 3.8) is 0 Å².